The van der Waals surface area contributed by atoms with Gasteiger partial charge in [-0.2, -0.15) is 13.2 Å². The molecule has 0 saturated heterocycles. The SMILES string of the molecule is O=C(Nc1cc(Cl)ncn1)C1CCCC(C(F)(F)F)C1. The van der Waals surface area contributed by atoms with Gasteiger partial charge < -0.3 is 5.32 Å². The van der Waals surface area contributed by atoms with Crippen molar-refractivity contribution in [3.05, 3.63) is 17.5 Å². The number of carbonyl (C=O) groups excluding carboxylic acids is 1. The van der Waals surface area contributed by atoms with E-state index in [-0.39, 0.29) is 23.8 Å². The molecule has 0 radical (unpaired) electrons. The summed E-state index contributed by atoms with van der Waals surface area (Å²) in [5.41, 5.74) is 0. The summed E-state index contributed by atoms with van der Waals surface area (Å²) >= 11 is 5.65. The number of rotatable bonds is 2. The van der Waals surface area contributed by atoms with E-state index in [1.807, 2.05) is 0 Å². The zero-order valence-corrected chi connectivity index (χ0v) is 11.2. The largest absolute Gasteiger partial charge is 0.391 e. The Bertz CT molecular complexity index is 495. The number of nitrogens with zero attached hydrogens (tertiary/aromatic N) is 2. The number of carbonyl (C=O) groups is 1. The maximum absolute atomic E-state index is 12.7. The Morgan fingerprint density at radius 2 is 2.10 bits per heavy atom. The van der Waals surface area contributed by atoms with Gasteiger partial charge in [-0.3, -0.25) is 4.79 Å². The Morgan fingerprint density at radius 3 is 2.75 bits per heavy atom. The molecule has 1 aliphatic carbocycles. The molecule has 1 aromatic rings. The van der Waals surface area contributed by atoms with Gasteiger partial charge in [0, 0.05) is 12.0 Å². The van der Waals surface area contributed by atoms with Gasteiger partial charge in [0.25, 0.3) is 0 Å². The van der Waals surface area contributed by atoms with Gasteiger partial charge in [-0.15, -0.1) is 0 Å². The minimum Gasteiger partial charge on any atom is -0.310 e. The highest BCUT2D eigenvalue weighted by Crippen LogP contribution is 2.40. The minimum absolute atomic E-state index is 0.0899. The Kier molecular flexibility index (Phi) is 4.47. The highest BCUT2D eigenvalue weighted by Gasteiger charge is 2.43. The number of nitrogens with one attached hydrogen (secondary N) is 1. The van der Waals surface area contributed by atoms with E-state index < -0.39 is 23.9 Å². The molecule has 0 aromatic carbocycles. The fourth-order valence-electron chi connectivity index (χ4n) is 2.36. The van der Waals surface area contributed by atoms with Crippen molar-refractivity contribution in [3.63, 3.8) is 0 Å². The summed E-state index contributed by atoms with van der Waals surface area (Å²) in [6, 6.07) is 1.35. The summed E-state index contributed by atoms with van der Waals surface area (Å²) in [6.07, 6.45) is -2.29. The van der Waals surface area contributed by atoms with Crippen LogP contribution in [0.25, 0.3) is 0 Å². The zero-order chi connectivity index (χ0) is 14.8. The van der Waals surface area contributed by atoms with Crippen LogP contribution in [0, 0.1) is 11.8 Å². The average molecular weight is 308 g/mol. The lowest BCUT2D eigenvalue weighted by Gasteiger charge is -2.29. The summed E-state index contributed by atoms with van der Waals surface area (Å²) in [7, 11) is 0. The number of aromatic nitrogens is 2. The number of anilines is 1. The van der Waals surface area contributed by atoms with Crippen molar-refractivity contribution in [1.29, 1.82) is 0 Å². The van der Waals surface area contributed by atoms with Gasteiger partial charge in [0.05, 0.1) is 5.92 Å². The molecule has 1 heterocycles. The number of hydrogen-bond acceptors (Lipinski definition) is 3. The predicted octanol–water partition coefficient (Wildman–Crippen LogP) is 3.44. The van der Waals surface area contributed by atoms with Gasteiger partial charge in [0.15, 0.2) is 0 Å². The van der Waals surface area contributed by atoms with Crippen LogP contribution >= 0.6 is 11.6 Å². The Hall–Kier alpha value is -1.37. The van der Waals surface area contributed by atoms with E-state index in [1.165, 1.54) is 12.4 Å². The smallest absolute Gasteiger partial charge is 0.310 e. The van der Waals surface area contributed by atoms with Crippen molar-refractivity contribution in [2.45, 2.75) is 31.9 Å². The van der Waals surface area contributed by atoms with Crippen molar-refractivity contribution in [1.82, 2.24) is 9.97 Å². The summed E-state index contributed by atoms with van der Waals surface area (Å²) in [4.78, 5) is 19.4. The first-order valence-corrected chi connectivity index (χ1v) is 6.59. The number of halogens is 4. The van der Waals surface area contributed by atoms with Crippen LogP contribution in [-0.4, -0.2) is 22.1 Å². The quantitative estimate of drug-likeness (QED) is 0.852. The van der Waals surface area contributed by atoms with Crippen LogP contribution in [0.4, 0.5) is 19.0 Å². The van der Waals surface area contributed by atoms with Crippen LogP contribution < -0.4 is 5.32 Å². The molecule has 8 heteroatoms. The maximum atomic E-state index is 12.7. The van der Waals surface area contributed by atoms with E-state index in [2.05, 4.69) is 15.3 Å². The summed E-state index contributed by atoms with van der Waals surface area (Å²) in [5.74, 6) is -2.30. The van der Waals surface area contributed by atoms with Gasteiger partial charge in [-0.05, 0) is 19.3 Å². The fraction of sp³-hybridized carbons (Fsp3) is 0.583. The van der Waals surface area contributed by atoms with Crippen LogP contribution in [0.3, 0.4) is 0 Å². The molecule has 1 aromatic heterocycles. The molecule has 110 valence electrons. The molecule has 1 aliphatic rings. The lowest BCUT2D eigenvalue weighted by Crippen LogP contribution is -2.34. The van der Waals surface area contributed by atoms with Crippen molar-refractivity contribution in [2.75, 3.05) is 5.32 Å². The molecule has 0 bridgehead atoms. The Labute approximate surface area is 118 Å². The molecule has 1 saturated carbocycles. The van der Waals surface area contributed by atoms with Crippen LogP contribution in [-0.2, 0) is 4.79 Å². The lowest BCUT2D eigenvalue weighted by molar-refractivity contribution is -0.185. The zero-order valence-electron chi connectivity index (χ0n) is 10.5. The van der Waals surface area contributed by atoms with E-state index in [4.69, 9.17) is 11.6 Å². The third-order valence-electron chi connectivity index (χ3n) is 3.39. The van der Waals surface area contributed by atoms with E-state index in [1.54, 1.807) is 0 Å². The predicted molar refractivity (Wildman–Crippen MR) is 67.2 cm³/mol. The first kappa shape index (κ1) is 15.0. The number of hydrogen-bond donors (Lipinski definition) is 1. The first-order chi connectivity index (χ1) is 9.36. The van der Waals surface area contributed by atoms with Crippen molar-refractivity contribution < 1.29 is 18.0 Å². The van der Waals surface area contributed by atoms with E-state index >= 15 is 0 Å². The number of amides is 1. The van der Waals surface area contributed by atoms with Gasteiger partial charge in [-0.1, -0.05) is 18.0 Å². The first-order valence-electron chi connectivity index (χ1n) is 6.21. The van der Waals surface area contributed by atoms with Gasteiger partial charge in [0.2, 0.25) is 5.91 Å². The molecule has 4 nitrogen and oxygen atoms in total. The molecule has 2 atom stereocenters. The molecule has 1 fully saturated rings. The van der Waals surface area contributed by atoms with Gasteiger partial charge >= 0.3 is 6.18 Å². The molecule has 2 unspecified atom stereocenters. The second-order valence-corrected chi connectivity index (χ2v) is 5.20. The van der Waals surface area contributed by atoms with Crippen LogP contribution in [0.2, 0.25) is 5.15 Å². The average Bonchev–Trinajstić information content (AvgIpc) is 2.38. The summed E-state index contributed by atoms with van der Waals surface area (Å²) < 4.78 is 38.1. The summed E-state index contributed by atoms with van der Waals surface area (Å²) in [5, 5.41) is 2.64. The molecular formula is C12H13ClF3N3O. The normalized spacial score (nSPS) is 23.4. The molecule has 20 heavy (non-hydrogen) atoms. The third-order valence-corrected chi connectivity index (χ3v) is 3.60. The molecule has 1 amide bonds. The van der Waals surface area contributed by atoms with Crippen LogP contribution in [0.1, 0.15) is 25.7 Å². The van der Waals surface area contributed by atoms with Crippen LogP contribution in [0.15, 0.2) is 12.4 Å². The molecule has 1 N–H and O–H groups in total. The molecule has 0 spiro atoms. The fourth-order valence-corrected chi connectivity index (χ4v) is 2.50. The van der Waals surface area contributed by atoms with E-state index in [0.29, 0.717) is 12.8 Å². The van der Waals surface area contributed by atoms with Crippen molar-refractivity contribution in [2.24, 2.45) is 11.8 Å². The monoisotopic (exact) mass is 307 g/mol. The maximum Gasteiger partial charge on any atom is 0.391 e. The van der Waals surface area contributed by atoms with E-state index in [0.717, 1.165) is 0 Å². The van der Waals surface area contributed by atoms with Crippen LogP contribution in [0.5, 0.6) is 0 Å². The Balaban J connectivity index is 1.99. The van der Waals surface area contributed by atoms with Gasteiger partial charge in [0.1, 0.15) is 17.3 Å². The third kappa shape index (κ3) is 3.82. The second-order valence-electron chi connectivity index (χ2n) is 4.82. The lowest BCUT2D eigenvalue weighted by atomic mass is 9.80. The summed E-state index contributed by atoms with van der Waals surface area (Å²) in [6.45, 7) is 0. The molecular weight excluding hydrogens is 295 g/mol. The van der Waals surface area contributed by atoms with Crippen molar-refractivity contribution >= 4 is 23.3 Å². The minimum atomic E-state index is -4.24. The van der Waals surface area contributed by atoms with Crippen molar-refractivity contribution in [3.8, 4) is 0 Å². The standard InChI is InChI=1S/C12H13ClF3N3O/c13-9-5-10(18-6-17-9)19-11(20)7-2-1-3-8(4-7)12(14,15)16/h5-8H,1-4H2,(H,17,18,19,20). The topological polar surface area (TPSA) is 54.9 Å². The molecule has 2 rings (SSSR count). The molecule has 0 aliphatic heterocycles. The van der Waals surface area contributed by atoms with Gasteiger partial charge in [-0.25, -0.2) is 9.97 Å². The Morgan fingerprint density at radius 1 is 1.35 bits per heavy atom. The second kappa shape index (κ2) is 5.95. The highest BCUT2D eigenvalue weighted by atomic mass is 35.5. The van der Waals surface area contributed by atoms with E-state index in [9.17, 15) is 18.0 Å². The highest BCUT2D eigenvalue weighted by molar-refractivity contribution is 6.29. The number of alkyl halides is 3.